The van der Waals surface area contributed by atoms with Gasteiger partial charge in [0.2, 0.25) is 0 Å². The Hall–Kier alpha value is -2.77. The number of imidazole rings is 1. The van der Waals surface area contributed by atoms with Gasteiger partial charge in [-0.1, -0.05) is 71.0 Å². The Morgan fingerprint density at radius 1 is 1.04 bits per heavy atom. The summed E-state index contributed by atoms with van der Waals surface area (Å²) in [5.41, 5.74) is 2.55. The van der Waals surface area contributed by atoms with Gasteiger partial charge in [0, 0.05) is 5.56 Å². The van der Waals surface area contributed by atoms with Crippen LogP contribution in [0.5, 0.6) is 0 Å². The molecular weight excluding hydrogens is 370 g/mol. The van der Waals surface area contributed by atoms with E-state index >= 15 is 0 Å². The lowest BCUT2D eigenvalue weighted by molar-refractivity contribution is 0.425. The van der Waals surface area contributed by atoms with Gasteiger partial charge < -0.3 is 10.4 Å². The molecule has 6 nitrogen and oxygen atoms in total. The molecule has 0 bridgehead atoms. The van der Waals surface area contributed by atoms with Crippen LogP contribution < -0.4 is 5.84 Å². The molecule has 0 aliphatic rings. The van der Waals surface area contributed by atoms with Crippen molar-refractivity contribution in [2.24, 2.45) is 0 Å². The largest absolute Gasteiger partial charge is 0.337 e. The standard InChI is InChI=1S/C18H14ClN5OS/c19-14-9-5-4-8-13(14)17-22-16(23-25-17)11-26-18-21-15(10-24(18)20)12-6-2-1-3-7-12/h1-10H,11,20H2. The zero-order chi connectivity index (χ0) is 17.9. The highest BCUT2D eigenvalue weighted by atomic mass is 35.5. The quantitative estimate of drug-likeness (QED) is 0.409. The topological polar surface area (TPSA) is 82.8 Å². The van der Waals surface area contributed by atoms with Gasteiger partial charge in [0.15, 0.2) is 11.0 Å². The normalized spacial score (nSPS) is 11.0. The van der Waals surface area contributed by atoms with Gasteiger partial charge in [-0.25, -0.2) is 9.66 Å². The van der Waals surface area contributed by atoms with Gasteiger partial charge in [0.05, 0.1) is 28.2 Å². The third-order valence-corrected chi connectivity index (χ3v) is 4.96. The zero-order valence-corrected chi connectivity index (χ0v) is 15.1. The van der Waals surface area contributed by atoms with E-state index in [-0.39, 0.29) is 0 Å². The number of aromatic nitrogens is 4. The molecule has 130 valence electrons. The van der Waals surface area contributed by atoms with Crippen LogP contribution in [0.15, 0.2) is 70.5 Å². The van der Waals surface area contributed by atoms with Crippen LogP contribution >= 0.6 is 23.4 Å². The van der Waals surface area contributed by atoms with Crippen molar-refractivity contribution < 1.29 is 4.52 Å². The predicted octanol–water partition coefficient (Wildman–Crippen LogP) is 4.26. The Morgan fingerprint density at radius 3 is 2.62 bits per heavy atom. The second-order valence-electron chi connectivity index (χ2n) is 5.47. The fourth-order valence-electron chi connectivity index (χ4n) is 2.42. The Labute approximate surface area is 159 Å². The summed E-state index contributed by atoms with van der Waals surface area (Å²) in [6, 6.07) is 17.2. The molecule has 0 aliphatic carbocycles. The van der Waals surface area contributed by atoms with Crippen molar-refractivity contribution in [1.82, 2.24) is 19.8 Å². The summed E-state index contributed by atoms with van der Waals surface area (Å²) in [4.78, 5) is 8.96. The second kappa shape index (κ2) is 7.23. The molecule has 0 radical (unpaired) electrons. The average Bonchev–Trinajstić information content (AvgIpc) is 3.28. The van der Waals surface area contributed by atoms with Gasteiger partial charge in [-0.15, -0.1) is 0 Å². The number of nitrogens with zero attached hydrogens (tertiary/aromatic N) is 4. The van der Waals surface area contributed by atoms with Crippen LogP contribution in [0.25, 0.3) is 22.7 Å². The molecule has 0 atom stereocenters. The van der Waals surface area contributed by atoms with Gasteiger partial charge in [-0.2, -0.15) is 4.98 Å². The molecule has 2 heterocycles. The Balaban J connectivity index is 1.49. The van der Waals surface area contributed by atoms with E-state index in [1.54, 1.807) is 12.3 Å². The van der Waals surface area contributed by atoms with Crippen molar-refractivity contribution in [3.8, 4) is 22.7 Å². The molecule has 2 aromatic heterocycles. The van der Waals surface area contributed by atoms with Gasteiger partial charge >= 0.3 is 0 Å². The van der Waals surface area contributed by atoms with Crippen LogP contribution in [-0.4, -0.2) is 19.8 Å². The van der Waals surface area contributed by atoms with Crippen LogP contribution in [-0.2, 0) is 5.75 Å². The Kier molecular flexibility index (Phi) is 4.64. The summed E-state index contributed by atoms with van der Waals surface area (Å²) < 4.78 is 6.81. The van der Waals surface area contributed by atoms with E-state index in [1.165, 1.54) is 16.4 Å². The van der Waals surface area contributed by atoms with Crippen molar-refractivity contribution >= 4 is 23.4 Å². The molecule has 0 saturated carbocycles. The first-order chi connectivity index (χ1) is 12.7. The molecule has 0 amide bonds. The van der Waals surface area contributed by atoms with Crippen LogP contribution in [0, 0.1) is 0 Å². The fourth-order valence-corrected chi connectivity index (χ4v) is 3.37. The third-order valence-electron chi connectivity index (χ3n) is 3.67. The Bertz CT molecular complexity index is 1030. The first-order valence-corrected chi connectivity index (χ1v) is 9.17. The van der Waals surface area contributed by atoms with Crippen LogP contribution in [0.3, 0.4) is 0 Å². The predicted molar refractivity (Wildman–Crippen MR) is 102 cm³/mol. The van der Waals surface area contributed by atoms with Crippen molar-refractivity contribution in [1.29, 1.82) is 0 Å². The Morgan fingerprint density at radius 2 is 1.81 bits per heavy atom. The molecule has 4 aromatic rings. The number of nitrogens with two attached hydrogens (primary N) is 1. The van der Waals surface area contributed by atoms with Crippen molar-refractivity contribution in [2.45, 2.75) is 10.9 Å². The van der Waals surface area contributed by atoms with E-state index < -0.39 is 0 Å². The summed E-state index contributed by atoms with van der Waals surface area (Å²) in [6.45, 7) is 0. The average molecular weight is 384 g/mol. The minimum absolute atomic E-state index is 0.396. The molecule has 0 saturated heterocycles. The van der Waals surface area contributed by atoms with Crippen LogP contribution in [0.4, 0.5) is 0 Å². The first kappa shape index (κ1) is 16.7. The van der Waals surface area contributed by atoms with E-state index in [0.717, 1.165) is 11.3 Å². The highest BCUT2D eigenvalue weighted by molar-refractivity contribution is 7.98. The number of halogens is 1. The minimum Gasteiger partial charge on any atom is -0.337 e. The number of rotatable bonds is 5. The summed E-state index contributed by atoms with van der Waals surface area (Å²) in [5.74, 6) is 7.44. The lowest BCUT2D eigenvalue weighted by Gasteiger charge is -1.97. The lowest BCUT2D eigenvalue weighted by Crippen LogP contribution is -2.07. The van der Waals surface area contributed by atoms with E-state index in [0.29, 0.717) is 33.2 Å². The highest BCUT2D eigenvalue weighted by Gasteiger charge is 2.14. The van der Waals surface area contributed by atoms with E-state index in [2.05, 4.69) is 15.1 Å². The monoisotopic (exact) mass is 383 g/mol. The van der Waals surface area contributed by atoms with Gasteiger partial charge in [0.1, 0.15) is 0 Å². The molecule has 2 aromatic carbocycles. The second-order valence-corrected chi connectivity index (χ2v) is 6.82. The SMILES string of the molecule is Nn1cc(-c2ccccc2)nc1SCc1noc(-c2ccccc2Cl)n1. The number of benzene rings is 2. The molecular formula is C18H14ClN5OS. The number of thioether (sulfide) groups is 1. The van der Waals surface area contributed by atoms with Crippen LogP contribution in [0.1, 0.15) is 5.82 Å². The van der Waals surface area contributed by atoms with E-state index in [9.17, 15) is 0 Å². The molecule has 26 heavy (non-hydrogen) atoms. The molecule has 4 rings (SSSR count). The maximum Gasteiger partial charge on any atom is 0.259 e. The first-order valence-electron chi connectivity index (χ1n) is 7.81. The molecule has 0 aliphatic heterocycles. The van der Waals surface area contributed by atoms with Gasteiger partial charge in [-0.3, -0.25) is 0 Å². The number of hydrogen-bond acceptors (Lipinski definition) is 6. The zero-order valence-electron chi connectivity index (χ0n) is 13.5. The van der Waals surface area contributed by atoms with Crippen LogP contribution in [0.2, 0.25) is 5.02 Å². The summed E-state index contributed by atoms with van der Waals surface area (Å²) in [5, 5.41) is 5.24. The minimum atomic E-state index is 0.396. The van der Waals surface area contributed by atoms with Crippen molar-refractivity contribution in [3.05, 3.63) is 71.6 Å². The molecule has 0 fully saturated rings. The molecule has 0 unspecified atom stereocenters. The summed E-state index contributed by atoms with van der Waals surface area (Å²) in [7, 11) is 0. The maximum absolute atomic E-state index is 6.16. The number of hydrogen-bond donors (Lipinski definition) is 1. The van der Waals surface area contributed by atoms with Crippen molar-refractivity contribution in [2.75, 3.05) is 5.84 Å². The molecule has 2 N–H and O–H groups in total. The highest BCUT2D eigenvalue weighted by Crippen LogP contribution is 2.28. The van der Waals surface area contributed by atoms with Gasteiger partial charge in [0.25, 0.3) is 5.89 Å². The maximum atomic E-state index is 6.16. The van der Waals surface area contributed by atoms with E-state index in [4.69, 9.17) is 22.0 Å². The van der Waals surface area contributed by atoms with Gasteiger partial charge in [-0.05, 0) is 12.1 Å². The fraction of sp³-hybridized carbons (Fsp3) is 0.0556. The summed E-state index contributed by atoms with van der Waals surface area (Å²) >= 11 is 7.60. The van der Waals surface area contributed by atoms with E-state index in [1.807, 2.05) is 48.5 Å². The van der Waals surface area contributed by atoms with Crippen molar-refractivity contribution in [3.63, 3.8) is 0 Å². The number of nitrogen functional groups attached to an aromatic ring is 1. The molecule has 0 spiro atoms. The third kappa shape index (κ3) is 3.44. The molecule has 8 heteroatoms. The lowest BCUT2D eigenvalue weighted by atomic mass is 10.2. The summed E-state index contributed by atoms with van der Waals surface area (Å²) in [6.07, 6.45) is 1.79. The smallest absolute Gasteiger partial charge is 0.259 e.